The van der Waals surface area contributed by atoms with Crippen LogP contribution in [0, 0.1) is 0 Å². The summed E-state index contributed by atoms with van der Waals surface area (Å²) in [6.45, 7) is 2.59. The highest BCUT2D eigenvalue weighted by Gasteiger charge is 2.24. The lowest BCUT2D eigenvalue weighted by Gasteiger charge is -2.12. The number of hydrogen-bond donors (Lipinski definition) is 0. The Morgan fingerprint density at radius 1 is 1.08 bits per heavy atom. The molecule has 3 heteroatoms. The Kier molecular flexibility index (Phi) is 3.78. The molecule has 0 atom stereocenters. The van der Waals surface area contributed by atoms with E-state index in [0.717, 1.165) is 57.7 Å². The van der Waals surface area contributed by atoms with Crippen LogP contribution in [0.15, 0.2) is 54.6 Å². The lowest BCUT2D eigenvalue weighted by Crippen LogP contribution is -2.05. The number of fused-ring (bicyclic) bond motifs is 3. The zero-order chi connectivity index (χ0) is 16.7. The zero-order valence-corrected chi connectivity index (χ0v) is 14.3. The maximum atomic E-state index is 12.5. The van der Waals surface area contributed by atoms with Crippen molar-refractivity contribution in [1.82, 2.24) is 4.57 Å². The normalized spacial score (nSPS) is 14.2. The van der Waals surface area contributed by atoms with E-state index in [0.29, 0.717) is 0 Å². The molecule has 1 aliphatic rings. The number of allylic oxidation sites excluding steroid dienone is 1. The van der Waals surface area contributed by atoms with Crippen LogP contribution < -0.4 is 0 Å². The molecule has 0 bridgehead atoms. The molecule has 0 unspecified atom stereocenters. The third-order valence-electron chi connectivity index (χ3n) is 4.67. The van der Waals surface area contributed by atoms with Crippen molar-refractivity contribution in [2.75, 3.05) is 0 Å². The van der Waals surface area contributed by atoms with Crippen LogP contribution in [0.25, 0.3) is 16.5 Å². The Morgan fingerprint density at radius 3 is 2.58 bits per heavy atom. The van der Waals surface area contributed by atoms with E-state index in [1.807, 2.05) is 42.5 Å². The molecule has 1 aliphatic heterocycles. The molecule has 0 saturated carbocycles. The number of nitrogens with zero attached hydrogens (tertiary/aromatic N) is 1. The summed E-state index contributed by atoms with van der Waals surface area (Å²) in [6.07, 6.45) is 4.33. The number of hydrogen-bond acceptors (Lipinski definition) is 1. The van der Waals surface area contributed by atoms with Gasteiger partial charge in [-0.1, -0.05) is 48.0 Å². The molecule has 2 nitrogen and oxygen atoms in total. The maximum absolute atomic E-state index is 12.5. The van der Waals surface area contributed by atoms with Crippen LogP contribution in [0.3, 0.4) is 0 Å². The van der Waals surface area contributed by atoms with Gasteiger partial charge in [-0.3, -0.25) is 4.79 Å². The van der Waals surface area contributed by atoms with Crippen molar-refractivity contribution in [2.24, 2.45) is 0 Å². The Balaban J connectivity index is 2.06. The fourth-order valence-corrected chi connectivity index (χ4v) is 3.77. The van der Waals surface area contributed by atoms with Gasteiger partial charge in [0.1, 0.15) is 0 Å². The molecular formula is C21H18ClNO. The molecule has 0 fully saturated rings. The summed E-state index contributed by atoms with van der Waals surface area (Å²) < 4.78 is 2.31. The second-order valence-electron chi connectivity index (χ2n) is 6.22. The first-order valence-electron chi connectivity index (χ1n) is 8.25. The minimum absolute atomic E-state index is 0.113. The summed E-state index contributed by atoms with van der Waals surface area (Å²) in [5, 5.41) is 1.77. The number of carbonyl (C=O) groups is 1. The van der Waals surface area contributed by atoms with Gasteiger partial charge in [0.2, 0.25) is 0 Å². The van der Waals surface area contributed by atoms with Crippen molar-refractivity contribution >= 4 is 33.9 Å². The number of halogens is 1. The van der Waals surface area contributed by atoms with Gasteiger partial charge in [0.15, 0.2) is 5.78 Å². The molecule has 3 aromatic rings. The Bertz CT molecular complexity index is 963. The van der Waals surface area contributed by atoms with Gasteiger partial charge in [-0.15, -0.1) is 0 Å². The maximum Gasteiger partial charge on any atom is 0.162 e. The van der Waals surface area contributed by atoms with Crippen LogP contribution in [0.4, 0.5) is 0 Å². The molecule has 0 N–H and O–H groups in total. The van der Waals surface area contributed by atoms with Crippen LogP contribution in [0.2, 0.25) is 5.02 Å². The van der Waals surface area contributed by atoms with Gasteiger partial charge in [-0.25, -0.2) is 0 Å². The second-order valence-corrected chi connectivity index (χ2v) is 6.65. The third kappa shape index (κ3) is 2.38. The number of rotatable bonds is 2. The number of benzene rings is 2. The molecule has 120 valence electrons. The molecule has 24 heavy (non-hydrogen) atoms. The summed E-state index contributed by atoms with van der Waals surface area (Å²) in [5.41, 5.74) is 5.25. The van der Waals surface area contributed by atoms with E-state index in [-0.39, 0.29) is 5.78 Å². The van der Waals surface area contributed by atoms with Crippen LogP contribution in [0.1, 0.15) is 41.4 Å². The second kappa shape index (κ2) is 5.95. The standard InChI is InChI=1S/C21H18ClNO/c1-14(24)20-18-7-2-3-8-19(18)23-13-5-4-6-17(21(20)23)15-9-11-16(22)12-10-15/h2-3,6-12H,4-5,13H2,1H3. The monoisotopic (exact) mass is 335 g/mol. The molecule has 2 aromatic carbocycles. The molecule has 4 rings (SSSR count). The molecule has 2 heterocycles. The molecule has 1 aromatic heterocycles. The molecule has 0 spiro atoms. The number of aryl methyl sites for hydroxylation is 1. The Labute approximate surface area is 146 Å². The molecule has 0 amide bonds. The van der Waals surface area contributed by atoms with E-state index in [1.165, 1.54) is 0 Å². The van der Waals surface area contributed by atoms with Gasteiger partial charge in [0, 0.05) is 28.0 Å². The first kappa shape index (κ1) is 15.2. The van der Waals surface area contributed by atoms with Gasteiger partial charge in [-0.05, 0) is 43.5 Å². The van der Waals surface area contributed by atoms with E-state index >= 15 is 0 Å². The van der Waals surface area contributed by atoms with Crippen LogP contribution in [-0.2, 0) is 6.54 Å². The predicted molar refractivity (Wildman–Crippen MR) is 99.7 cm³/mol. The Morgan fingerprint density at radius 2 is 1.83 bits per heavy atom. The van der Waals surface area contributed by atoms with Crippen molar-refractivity contribution < 1.29 is 4.79 Å². The molecule has 0 radical (unpaired) electrons. The minimum Gasteiger partial charge on any atom is -0.340 e. The van der Waals surface area contributed by atoms with Gasteiger partial charge in [0.25, 0.3) is 0 Å². The number of para-hydroxylation sites is 1. The highest BCUT2D eigenvalue weighted by molar-refractivity contribution is 6.30. The average molecular weight is 336 g/mol. The van der Waals surface area contributed by atoms with E-state index in [2.05, 4.69) is 16.7 Å². The topological polar surface area (TPSA) is 22.0 Å². The van der Waals surface area contributed by atoms with Crippen molar-refractivity contribution in [3.8, 4) is 0 Å². The van der Waals surface area contributed by atoms with E-state index in [4.69, 9.17) is 11.6 Å². The first-order valence-corrected chi connectivity index (χ1v) is 8.63. The highest BCUT2D eigenvalue weighted by Crippen LogP contribution is 2.37. The Hall–Kier alpha value is -2.32. The fraction of sp³-hybridized carbons (Fsp3) is 0.190. The van der Waals surface area contributed by atoms with E-state index in [9.17, 15) is 4.79 Å². The average Bonchev–Trinajstić information content (AvgIpc) is 2.75. The minimum atomic E-state index is 0.113. The van der Waals surface area contributed by atoms with Gasteiger partial charge in [0.05, 0.1) is 11.3 Å². The summed E-state index contributed by atoms with van der Waals surface area (Å²) >= 11 is 6.05. The summed E-state index contributed by atoms with van der Waals surface area (Å²) in [7, 11) is 0. The number of carbonyl (C=O) groups excluding carboxylic acids is 1. The number of aromatic nitrogens is 1. The quantitative estimate of drug-likeness (QED) is 0.549. The van der Waals surface area contributed by atoms with Gasteiger partial charge >= 0.3 is 0 Å². The number of ketones is 1. The van der Waals surface area contributed by atoms with Crippen molar-refractivity contribution in [3.05, 3.63) is 76.5 Å². The van der Waals surface area contributed by atoms with E-state index in [1.54, 1.807) is 6.92 Å². The summed E-state index contributed by atoms with van der Waals surface area (Å²) in [4.78, 5) is 12.5. The highest BCUT2D eigenvalue weighted by atomic mass is 35.5. The molecular weight excluding hydrogens is 318 g/mol. The zero-order valence-electron chi connectivity index (χ0n) is 13.6. The number of Topliss-reactive ketones (excluding diaryl/α,β-unsaturated/α-hetero) is 1. The smallest absolute Gasteiger partial charge is 0.162 e. The van der Waals surface area contributed by atoms with Crippen molar-refractivity contribution in [1.29, 1.82) is 0 Å². The predicted octanol–water partition coefficient (Wildman–Crippen LogP) is 5.72. The van der Waals surface area contributed by atoms with Crippen LogP contribution in [0.5, 0.6) is 0 Å². The molecule has 0 aliphatic carbocycles. The largest absolute Gasteiger partial charge is 0.340 e. The van der Waals surface area contributed by atoms with Crippen LogP contribution >= 0.6 is 11.6 Å². The summed E-state index contributed by atoms with van der Waals surface area (Å²) in [6, 6.07) is 16.1. The van der Waals surface area contributed by atoms with E-state index < -0.39 is 0 Å². The fourth-order valence-electron chi connectivity index (χ4n) is 3.65. The van der Waals surface area contributed by atoms with Crippen LogP contribution in [-0.4, -0.2) is 10.4 Å². The molecule has 0 saturated heterocycles. The van der Waals surface area contributed by atoms with Crippen molar-refractivity contribution in [2.45, 2.75) is 26.3 Å². The third-order valence-corrected chi connectivity index (χ3v) is 4.92. The van der Waals surface area contributed by atoms with Gasteiger partial charge < -0.3 is 4.57 Å². The lowest BCUT2D eigenvalue weighted by atomic mass is 9.96. The summed E-state index contributed by atoms with van der Waals surface area (Å²) in [5.74, 6) is 0.113. The SMILES string of the molecule is CC(=O)c1c2n(c3ccccc13)CCCC=C2c1ccc(Cl)cc1. The lowest BCUT2D eigenvalue weighted by molar-refractivity contribution is 0.101. The first-order chi connectivity index (χ1) is 11.7. The van der Waals surface area contributed by atoms with Gasteiger partial charge in [-0.2, -0.15) is 0 Å². The van der Waals surface area contributed by atoms with Crippen molar-refractivity contribution in [3.63, 3.8) is 0 Å².